The molecular formula is C11H17ClN2OS. The van der Waals surface area contributed by atoms with Crippen LogP contribution >= 0.6 is 23.7 Å². The molecule has 0 spiro atoms. The monoisotopic (exact) mass is 260 g/mol. The molecule has 0 aromatic carbocycles. The first kappa shape index (κ1) is 13.5. The Bertz CT molecular complexity index is 310. The Kier molecular flexibility index (Phi) is 5.80. The molecule has 1 atom stereocenters. The van der Waals surface area contributed by atoms with E-state index in [0.717, 1.165) is 30.8 Å². The largest absolute Gasteiger partial charge is 0.352 e. The van der Waals surface area contributed by atoms with Gasteiger partial charge in [-0.2, -0.15) is 0 Å². The summed E-state index contributed by atoms with van der Waals surface area (Å²) in [6, 6.07) is 4.31. The van der Waals surface area contributed by atoms with Crippen molar-refractivity contribution in [1.82, 2.24) is 10.6 Å². The van der Waals surface area contributed by atoms with Crippen LogP contribution in [-0.2, 0) is 11.2 Å². The number of nitrogens with one attached hydrogen (secondary N) is 2. The summed E-state index contributed by atoms with van der Waals surface area (Å²) in [5.74, 6) is 0.145. The van der Waals surface area contributed by atoms with E-state index in [-0.39, 0.29) is 18.3 Å². The maximum atomic E-state index is 11.6. The van der Waals surface area contributed by atoms with Crippen LogP contribution in [0.25, 0.3) is 0 Å². The van der Waals surface area contributed by atoms with E-state index in [2.05, 4.69) is 10.6 Å². The van der Waals surface area contributed by atoms with E-state index < -0.39 is 0 Å². The number of carbonyl (C=O) groups is 1. The highest BCUT2D eigenvalue weighted by atomic mass is 35.5. The van der Waals surface area contributed by atoms with Crippen LogP contribution in [-0.4, -0.2) is 25.0 Å². The first-order valence-corrected chi connectivity index (χ1v) is 6.25. The second-order valence-electron chi connectivity index (χ2n) is 3.87. The molecule has 1 aromatic heterocycles. The fourth-order valence-corrected chi connectivity index (χ4v) is 2.53. The molecule has 1 aromatic rings. The van der Waals surface area contributed by atoms with Crippen LogP contribution in [0.15, 0.2) is 17.5 Å². The Labute approximate surface area is 106 Å². The maximum absolute atomic E-state index is 11.6. The number of piperidine rings is 1. The molecule has 0 aliphatic carbocycles. The highest BCUT2D eigenvalue weighted by molar-refractivity contribution is 7.10. The Balaban J connectivity index is 0.00000128. The Morgan fingerprint density at radius 2 is 2.50 bits per heavy atom. The molecule has 0 saturated carbocycles. The normalized spacial score (nSPS) is 19.9. The zero-order valence-corrected chi connectivity index (χ0v) is 10.7. The quantitative estimate of drug-likeness (QED) is 0.867. The zero-order chi connectivity index (χ0) is 10.5. The summed E-state index contributed by atoms with van der Waals surface area (Å²) >= 11 is 1.64. The molecule has 2 N–H and O–H groups in total. The first-order valence-electron chi connectivity index (χ1n) is 5.37. The lowest BCUT2D eigenvalue weighted by Gasteiger charge is -2.23. The summed E-state index contributed by atoms with van der Waals surface area (Å²) in [4.78, 5) is 12.8. The molecule has 16 heavy (non-hydrogen) atoms. The van der Waals surface area contributed by atoms with Crippen molar-refractivity contribution >= 4 is 29.7 Å². The van der Waals surface area contributed by atoms with E-state index in [4.69, 9.17) is 0 Å². The van der Waals surface area contributed by atoms with E-state index >= 15 is 0 Å². The van der Waals surface area contributed by atoms with Gasteiger partial charge in [0.25, 0.3) is 0 Å². The van der Waals surface area contributed by atoms with Gasteiger partial charge >= 0.3 is 0 Å². The number of hydrogen-bond acceptors (Lipinski definition) is 3. The summed E-state index contributed by atoms with van der Waals surface area (Å²) in [6.45, 7) is 1.99. The molecule has 1 fully saturated rings. The number of carbonyl (C=O) groups excluding carboxylic acids is 1. The third-order valence-corrected chi connectivity index (χ3v) is 3.45. The van der Waals surface area contributed by atoms with Gasteiger partial charge in [0.1, 0.15) is 0 Å². The summed E-state index contributed by atoms with van der Waals surface area (Å²) in [6.07, 6.45) is 2.78. The van der Waals surface area contributed by atoms with E-state index in [0.29, 0.717) is 12.5 Å². The number of amides is 1. The van der Waals surface area contributed by atoms with Crippen LogP contribution in [0.3, 0.4) is 0 Å². The van der Waals surface area contributed by atoms with Crippen LogP contribution in [0.5, 0.6) is 0 Å². The molecule has 2 heterocycles. The van der Waals surface area contributed by atoms with Gasteiger partial charge in [0, 0.05) is 17.5 Å². The Morgan fingerprint density at radius 1 is 1.62 bits per heavy atom. The molecule has 90 valence electrons. The van der Waals surface area contributed by atoms with Gasteiger partial charge in [0.15, 0.2) is 0 Å². The van der Waals surface area contributed by atoms with Crippen molar-refractivity contribution in [1.29, 1.82) is 0 Å². The lowest BCUT2D eigenvalue weighted by atomic mass is 10.1. The highest BCUT2D eigenvalue weighted by Crippen LogP contribution is 2.09. The molecule has 2 rings (SSSR count). The SMILES string of the molecule is Cl.O=C(Cc1cccs1)NC1CCCNC1. The molecule has 1 aliphatic heterocycles. The predicted molar refractivity (Wildman–Crippen MR) is 69.3 cm³/mol. The minimum absolute atomic E-state index is 0. The number of hydrogen-bond donors (Lipinski definition) is 2. The Morgan fingerprint density at radius 3 is 3.12 bits per heavy atom. The molecule has 1 unspecified atom stereocenters. The van der Waals surface area contributed by atoms with Crippen molar-refractivity contribution in [2.24, 2.45) is 0 Å². The summed E-state index contributed by atoms with van der Waals surface area (Å²) in [5.41, 5.74) is 0. The molecule has 1 saturated heterocycles. The van der Waals surface area contributed by atoms with E-state index in [9.17, 15) is 4.79 Å². The van der Waals surface area contributed by atoms with Gasteiger partial charge < -0.3 is 10.6 Å². The predicted octanol–water partition coefficient (Wildman–Crippen LogP) is 1.58. The van der Waals surface area contributed by atoms with Crippen molar-refractivity contribution in [3.05, 3.63) is 22.4 Å². The molecule has 3 nitrogen and oxygen atoms in total. The van der Waals surface area contributed by atoms with Gasteiger partial charge in [-0.15, -0.1) is 23.7 Å². The molecule has 5 heteroatoms. The van der Waals surface area contributed by atoms with Crippen molar-refractivity contribution in [2.75, 3.05) is 13.1 Å². The van der Waals surface area contributed by atoms with Gasteiger partial charge in [0.2, 0.25) is 5.91 Å². The lowest BCUT2D eigenvalue weighted by Crippen LogP contribution is -2.46. The van der Waals surface area contributed by atoms with Gasteiger partial charge in [-0.1, -0.05) is 6.07 Å². The van der Waals surface area contributed by atoms with E-state index in [1.165, 1.54) is 0 Å². The zero-order valence-electron chi connectivity index (χ0n) is 9.07. The second kappa shape index (κ2) is 6.89. The van der Waals surface area contributed by atoms with Gasteiger partial charge in [0.05, 0.1) is 6.42 Å². The second-order valence-corrected chi connectivity index (χ2v) is 4.90. The molecule has 0 radical (unpaired) electrons. The molecule has 1 amide bonds. The third-order valence-electron chi connectivity index (χ3n) is 2.58. The average Bonchev–Trinajstić information content (AvgIpc) is 2.71. The summed E-state index contributed by atoms with van der Waals surface area (Å²) < 4.78 is 0. The number of rotatable bonds is 3. The van der Waals surface area contributed by atoms with E-state index in [1.54, 1.807) is 11.3 Å². The third kappa shape index (κ3) is 4.12. The van der Waals surface area contributed by atoms with Gasteiger partial charge in [-0.3, -0.25) is 4.79 Å². The minimum atomic E-state index is 0. The fraction of sp³-hybridized carbons (Fsp3) is 0.545. The summed E-state index contributed by atoms with van der Waals surface area (Å²) in [5, 5.41) is 8.35. The average molecular weight is 261 g/mol. The van der Waals surface area contributed by atoms with Crippen molar-refractivity contribution in [3.63, 3.8) is 0 Å². The van der Waals surface area contributed by atoms with Gasteiger partial charge in [-0.25, -0.2) is 0 Å². The standard InChI is InChI=1S/C11H16N2OS.ClH/c14-11(7-10-4-2-6-15-10)13-9-3-1-5-12-8-9;/h2,4,6,9,12H,1,3,5,7-8H2,(H,13,14);1H. The van der Waals surface area contributed by atoms with Crippen molar-refractivity contribution in [2.45, 2.75) is 25.3 Å². The molecule has 1 aliphatic rings. The Hall–Kier alpha value is -0.580. The number of halogens is 1. The van der Waals surface area contributed by atoms with E-state index in [1.807, 2.05) is 17.5 Å². The lowest BCUT2D eigenvalue weighted by molar-refractivity contribution is -0.121. The number of thiophene rings is 1. The molecule has 0 bridgehead atoms. The van der Waals surface area contributed by atoms with Crippen LogP contribution in [0.1, 0.15) is 17.7 Å². The van der Waals surface area contributed by atoms with Crippen LogP contribution in [0, 0.1) is 0 Å². The van der Waals surface area contributed by atoms with Crippen LogP contribution < -0.4 is 10.6 Å². The summed E-state index contributed by atoms with van der Waals surface area (Å²) in [7, 11) is 0. The smallest absolute Gasteiger partial charge is 0.225 e. The van der Waals surface area contributed by atoms with Gasteiger partial charge in [-0.05, 0) is 30.8 Å². The highest BCUT2D eigenvalue weighted by Gasteiger charge is 2.15. The minimum Gasteiger partial charge on any atom is -0.352 e. The first-order chi connectivity index (χ1) is 7.34. The van der Waals surface area contributed by atoms with Crippen molar-refractivity contribution < 1.29 is 4.79 Å². The van der Waals surface area contributed by atoms with Crippen molar-refractivity contribution in [3.8, 4) is 0 Å². The molecular weight excluding hydrogens is 244 g/mol. The van der Waals surface area contributed by atoms with Crippen LogP contribution in [0.4, 0.5) is 0 Å². The topological polar surface area (TPSA) is 41.1 Å². The maximum Gasteiger partial charge on any atom is 0.225 e. The fourth-order valence-electron chi connectivity index (χ4n) is 1.83. The van der Waals surface area contributed by atoms with Crippen LogP contribution in [0.2, 0.25) is 0 Å².